The Hall–Kier alpha value is -3.23. The molecule has 0 aliphatic rings. The van der Waals surface area contributed by atoms with Crippen molar-refractivity contribution in [3.05, 3.63) is 83.0 Å². The van der Waals surface area contributed by atoms with Crippen molar-refractivity contribution < 1.29 is 17.9 Å². The third kappa shape index (κ3) is 4.30. The van der Waals surface area contributed by atoms with Crippen molar-refractivity contribution in [1.82, 2.24) is 10.3 Å². The van der Waals surface area contributed by atoms with Crippen molar-refractivity contribution in [2.75, 3.05) is 7.11 Å². The molecule has 0 saturated carbocycles. The van der Waals surface area contributed by atoms with Gasteiger partial charge in [0.1, 0.15) is 10.6 Å². The van der Waals surface area contributed by atoms with Gasteiger partial charge in [0, 0.05) is 18.9 Å². The number of amides is 1. The van der Waals surface area contributed by atoms with Crippen LogP contribution in [-0.4, -0.2) is 26.4 Å². The van der Waals surface area contributed by atoms with Crippen LogP contribution in [0.5, 0.6) is 5.75 Å². The summed E-state index contributed by atoms with van der Waals surface area (Å²) in [6.07, 6.45) is 3.43. The number of methoxy groups -OCH3 is 1. The van der Waals surface area contributed by atoms with Crippen LogP contribution < -0.4 is 10.1 Å². The number of carbonyl (C=O) groups is 1. The maximum atomic E-state index is 13.1. The standard InChI is InChI=1S/C23H20N2O4S2/c1-15-3-8-19(29-2)22(11-15)31(27,28)18-6-4-16(5-7-18)13-25-23(26)20-12-17-9-10-24-14-21(17)30-20/h3-12,14H,13H2,1-2H3,(H,25,26). The number of rotatable bonds is 6. The van der Waals surface area contributed by atoms with Crippen LogP contribution in [0.4, 0.5) is 0 Å². The summed E-state index contributed by atoms with van der Waals surface area (Å²) in [5.74, 6) is 0.128. The van der Waals surface area contributed by atoms with E-state index >= 15 is 0 Å². The van der Waals surface area contributed by atoms with Crippen molar-refractivity contribution in [1.29, 1.82) is 0 Å². The van der Waals surface area contributed by atoms with E-state index in [0.717, 1.165) is 21.2 Å². The Morgan fingerprint density at radius 1 is 1.10 bits per heavy atom. The maximum absolute atomic E-state index is 13.1. The van der Waals surface area contributed by atoms with Crippen molar-refractivity contribution >= 4 is 37.2 Å². The molecule has 0 unspecified atom stereocenters. The lowest BCUT2D eigenvalue weighted by Crippen LogP contribution is -2.21. The SMILES string of the molecule is COc1ccc(C)cc1S(=O)(=O)c1ccc(CNC(=O)c2cc3ccncc3s2)cc1. The van der Waals surface area contributed by atoms with Crippen molar-refractivity contribution in [2.24, 2.45) is 0 Å². The first-order valence-corrected chi connectivity index (χ1v) is 11.8. The second-order valence-electron chi connectivity index (χ2n) is 7.01. The highest BCUT2D eigenvalue weighted by Crippen LogP contribution is 2.30. The molecule has 158 valence electrons. The van der Waals surface area contributed by atoms with Gasteiger partial charge in [-0.3, -0.25) is 9.78 Å². The van der Waals surface area contributed by atoms with E-state index in [0.29, 0.717) is 17.2 Å². The molecule has 2 aromatic heterocycles. The second-order valence-corrected chi connectivity index (χ2v) is 10.0. The Bertz CT molecular complexity index is 1330. The maximum Gasteiger partial charge on any atom is 0.261 e. The number of aryl methyl sites for hydroxylation is 1. The first kappa shape index (κ1) is 21.0. The largest absolute Gasteiger partial charge is 0.495 e. The molecular weight excluding hydrogens is 432 g/mol. The summed E-state index contributed by atoms with van der Waals surface area (Å²) in [4.78, 5) is 17.4. The minimum atomic E-state index is -3.73. The highest BCUT2D eigenvalue weighted by atomic mass is 32.2. The molecule has 6 nitrogen and oxygen atoms in total. The van der Waals surface area contributed by atoms with Gasteiger partial charge in [-0.1, -0.05) is 18.2 Å². The summed E-state index contributed by atoms with van der Waals surface area (Å²) in [5, 5.41) is 3.85. The van der Waals surface area contributed by atoms with E-state index < -0.39 is 9.84 Å². The van der Waals surface area contributed by atoms with Crippen LogP contribution >= 0.6 is 11.3 Å². The zero-order valence-corrected chi connectivity index (χ0v) is 18.6. The van der Waals surface area contributed by atoms with Crippen LogP contribution in [0.1, 0.15) is 20.8 Å². The fourth-order valence-corrected chi connectivity index (χ4v) is 5.62. The average Bonchev–Trinajstić information content (AvgIpc) is 3.22. The molecule has 0 fully saturated rings. The monoisotopic (exact) mass is 452 g/mol. The number of hydrogen-bond acceptors (Lipinski definition) is 6. The number of benzene rings is 2. The molecule has 4 aromatic rings. The van der Waals surface area contributed by atoms with Crippen LogP contribution in [0.25, 0.3) is 10.1 Å². The number of fused-ring (bicyclic) bond motifs is 1. The molecule has 2 heterocycles. The molecule has 2 aromatic carbocycles. The Morgan fingerprint density at radius 3 is 2.58 bits per heavy atom. The van der Waals surface area contributed by atoms with Gasteiger partial charge < -0.3 is 10.1 Å². The summed E-state index contributed by atoms with van der Waals surface area (Å²) in [6, 6.07) is 15.2. The predicted molar refractivity (Wildman–Crippen MR) is 120 cm³/mol. The minimum Gasteiger partial charge on any atom is -0.495 e. The van der Waals surface area contributed by atoms with Crippen molar-refractivity contribution in [3.8, 4) is 5.75 Å². The van der Waals surface area contributed by atoms with Gasteiger partial charge in [0.15, 0.2) is 0 Å². The number of thiophene rings is 1. The van der Waals surface area contributed by atoms with Crippen LogP contribution in [-0.2, 0) is 16.4 Å². The number of pyridine rings is 1. The normalized spacial score (nSPS) is 11.4. The van der Waals surface area contributed by atoms with Gasteiger partial charge in [0.05, 0.1) is 21.6 Å². The molecule has 0 spiro atoms. The predicted octanol–water partition coefficient (Wildman–Crippen LogP) is 4.38. The Labute approximate surface area is 184 Å². The third-order valence-electron chi connectivity index (χ3n) is 4.84. The topological polar surface area (TPSA) is 85.4 Å². The van der Waals surface area contributed by atoms with Gasteiger partial charge in [0.2, 0.25) is 9.84 Å². The quantitative estimate of drug-likeness (QED) is 0.469. The Morgan fingerprint density at radius 2 is 1.87 bits per heavy atom. The van der Waals surface area contributed by atoms with E-state index in [1.807, 2.05) is 19.1 Å². The van der Waals surface area contributed by atoms with Crippen LogP contribution in [0.3, 0.4) is 0 Å². The smallest absolute Gasteiger partial charge is 0.261 e. The van der Waals surface area contributed by atoms with Crippen molar-refractivity contribution in [3.63, 3.8) is 0 Å². The molecule has 0 aliphatic carbocycles. The summed E-state index contributed by atoms with van der Waals surface area (Å²) in [6.45, 7) is 2.12. The van der Waals surface area contributed by atoms with E-state index in [1.165, 1.54) is 18.4 Å². The number of ether oxygens (including phenoxy) is 1. The molecule has 0 radical (unpaired) electrons. The number of nitrogens with zero attached hydrogens (tertiary/aromatic N) is 1. The molecule has 1 N–H and O–H groups in total. The van der Waals surface area contributed by atoms with Gasteiger partial charge in [-0.05, 0) is 59.8 Å². The fourth-order valence-electron chi connectivity index (χ4n) is 3.17. The van der Waals surface area contributed by atoms with Crippen molar-refractivity contribution in [2.45, 2.75) is 23.3 Å². The molecule has 0 aliphatic heterocycles. The van der Waals surface area contributed by atoms with Crippen LogP contribution in [0.2, 0.25) is 0 Å². The molecule has 8 heteroatoms. The highest BCUT2D eigenvalue weighted by molar-refractivity contribution is 7.91. The molecule has 1 amide bonds. The number of hydrogen-bond donors (Lipinski definition) is 1. The summed E-state index contributed by atoms with van der Waals surface area (Å²) in [7, 11) is -2.28. The Balaban J connectivity index is 1.49. The second kappa shape index (κ2) is 8.49. The van der Waals surface area contributed by atoms with Gasteiger partial charge in [-0.25, -0.2) is 8.42 Å². The zero-order valence-electron chi connectivity index (χ0n) is 17.0. The Kier molecular flexibility index (Phi) is 5.75. The number of carbonyl (C=O) groups excluding carboxylic acids is 1. The van der Waals surface area contributed by atoms with Gasteiger partial charge >= 0.3 is 0 Å². The highest BCUT2D eigenvalue weighted by Gasteiger charge is 2.22. The molecular formula is C23H20N2O4S2. The van der Waals surface area contributed by atoms with E-state index in [-0.39, 0.29) is 15.7 Å². The summed E-state index contributed by atoms with van der Waals surface area (Å²) in [5.41, 5.74) is 1.63. The zero-order chi connectivity index (χ0) is 22.0. The molecule has 4 rings (SSSR count). The number of sulfone groups is 1. The lowest BCUT2D eigenvalue weighted by Gasteiger charge is -2.11. The van der Waals surface area contributed by atoms with Crippen LogP contribution in [0.15, 0.2) is 76.8 Å². The van der Waals surface area contributed by atoms with E-state index in [4.69, 9.17) is 4.74 Å². The van der Waals surface area contributed by atoms with Gasteiger partial charge in [-0.15, -0.1) is 11.3 Å². The van der Waals surface area contributed by atoms with E-state index in [2.05, 4.69) is 10.3 Å². The molecule has 0 bridgehead atoms. The lowest BCUT2D eigenvalue weighted by atomic mass is 10.2. The number of nitrogens with one attached hydrogen (secondary N) is 1. The molecule has 0 atom stereocenters. The number of aromatic nitrogens is 1. The van der Waals surface area contributed by atoms with Crippen LogP contribution in [0, 0.1) is 6.92 Å². The first-order chi connectivity index (χ1) is 14.9. The molecule has 31 heavy (non-hydrogen) atoms. The van der Waals surface area contributed by atoms with E-state index in [1.54, 1.807) is 54.9 Å². The molecule has 0 saturated heterocycles. The fraction of sp³-hybridized carbons (Fsp3) is 0.130. The lowest BCUT2D eigenvalue weighted by molar-refractivity contribution is 0.0955. The minimum absolute atomic E-state index is 0.135. The summed E-state index contributed by atoms with van der Waals surface area (Å²) >= 11 is 1.38. The summed E-state index contributed by atoms with van der Waals surface area (Å²) < 4.78 is 32.3. The van der Waals surface area contributed by atoms with Gasteiger partial charge in [-0.2, -0.15) is 0 Å². The first-order valence-electron chi connectivity index (χ1n) is 9.49. The van der Waals surface area contributed by atoms with Gasteiger partial charge in [0.25, 0.3) is 5.91 Å². The van der Waals surface area contributed by atoms with E-state index in [9.17, 15) is 13.2 Å². The third-order valence-corrected chi connectivity index (χ3v) is 7.72. The average molecular weight is 453 g/mol.